The van der Waals surface area contributed by atoms with Crippen LogP contribution in [0.25, 0.3) is 0 Å². The van der Waals surface area contributed by atoms with Gasteiger partial charge in [-0.15, -0.1) is 0 Å². The number of allylic oxidation sites excluding steroid dienone is 1. The maximum atomic E-state index is 4.40. The second kappa shape index (κ2) is 7.18. The molecule has 2 nitrogen and oxygen atoms in total. The van der Waals surface area contributed by atoms with Crippen molar-refractivity contribution in [3.05, 3.63) is 41.7 Å². The maximum absolute atomic E-state index is 4.40. The van der Waals surface area contributed by atoms with Crippen LogP contribution in [0.2, 0.25) is 0 Å². The van der Waals surface area contributed by atoms with Crippen molar-refractivity contribution in [3.63, 3.8) is 0 Å². The highest BCUT2D eigenvalue weighted by Crippen LogP contribution is 2.02. The predicted molar refractivity (Wildman–Crippen MR) is 65.0 cm³/mol. The second-order valence-electron chi connectivity index (χ2n) is 3.58. The monoisotopic (exact) mass is 204 g/mol. The van der Waals surface area contributed by atoms with E-state index in [1.54, 1.807) is 0 Å². The van der Waals surface area contributed by atoms with Crippen LogP contribution in [0.5, 0.6) is 0 Å². The summed E-state index contributed by atoms with van der Waals surface area (Å²) in [6.07, 6.45) is 9.44. The summed E-state index contributed by atoms with van der Waals surface area (Å²) in [6, 6.07) is 4.27. The summed E-state index contributed by atoms with van der Waals surface area (Å²) in [5.41, 5.74) is 2.45. The van der Waals surface area contributed by atoms with Crippen molar-refractivity contribution in [2.45, 2.75) is 26.2 Å². The molecule has 0 amide bonds. The Kier molecular flexibility index (Phi) is 5.71. The Balaban J connectivity index is 2.34. The van der Waals surface area contributed by atoms with Crippen LogP contribution < -0.4 is 5.32 Å². The summed E-state index contributed by atoms with van der Waals surface area (Å²) in [7, 11) is 1.97. The molecule has 15 heavy (non-hydrogen) atoms. The van der Waals surface area contributed by atoms with Crippen molar-refractivity contribution in [2.75, 3.05) is 13.6 Å². The summed E-state index contributed by atoms with van der Waals surface area (Å²) >= 11 is 0. The van der Waals surface area contributed by atoms with E-state index in [2.05, 4.69) is 41.5 Å². The smallest absolute Gasteiger partial charge is 0.0441 e. The molecule has 2 heteroatoms. The molecule has 0 aliphatic carbocycles. The number of aryl methyl sites for hydroxylation is 1. The topological polar surface area (TPSA) is 24.9 Å². The van der Waals surface area contributed by atoms with Gasteiger partial charge in [0.1, 0.15) is 0 Å². The van der Waals surface area contributed by atoms with Gasteiger partial charge in [-0.1, -0.05) is 25.1 Å². The third kappa shape index (κ3) is 4.75. The van der Waals surface area contributed by atoms with Crippen molar-refractivity contribution in [1.82, 2.24) is 10.3 Å². The minimum absolute atomic E-state index is 0.938. The first-order valence-corrected chi connectivity index (χ1v) is 5.60. The van der Waals surface area contributed by atoms with E-state index < -0.39 is 0 Å². The molecule has 1 aromatic rings. The van der Waals surface area contributed by atoms with Gasteiger partial charge in [-0.25, -0.2) is 0 Å². The van der Waals surface area contributed by atoms with Gasteiger partial charge in [0.15, 0.2) is 0 Å². The van der Waals surface area contributed by atoms with Crippen LogP contribution in [-0.2, 0) is 12.8 Å². The number of nitrogens with zero attached hydrogens (tertiary/aromatic N) is 1. The van der Waals surface area contributed by atoms with E-state index >= 15 is 0 Å². The Morgan fingerprint density at radius 2 is 2.20 bits per heavy atom. The molecule has 0 aliphatic rings. The molecule has 1 N–H and O–H groups in total. The Morgan fingerprint density at radius 1 is 1.33 bits per heavy atom. The van der Waals surface area contributed by atoms with Gasteiger partial charge in [0, 0.05) is 18.3 Å². The molecule has 0 saturated carbocycles. The van der Waals surface area contributed by atoms with E-state index in [1.165, 1.54) is 5.56 Å². The van der Waals surface area contributed by atoms with E-state index in [1.807, 2.05) is 13.2 Å². The van der Waals surface area contributed by atoms with E-state index in [0.717, 1.165) is 31.5 Å². The number of hydrogen-bond acceptors (Lipinski definition) is 2. The zero-order valence-electron chi connectivity index (χ0n) is 9.66. The zero-order chi connectivity index (χ0) is 10.9. The zero-order valence-corrected chi connectivity index (χ0v) is 9.66. The average molecular weight is 204 g/mol. The quantitative estimate of drug-likeness (QED) is 0.568. The third-order valence-corrected chi connectivity index (χ3v) is 2.35. The molecule has 1 heterocycles. The Bertz CT molecular complexity index is 288. The van der Waals surface area contributed by atoms with Gasteiger partial charge in [0.2, 0.25) is 0 Å². The molecule has 82 valence electrons. The number of rotatable bonds is 6. The highest BCUT2D eigenvalue weighted by Gasteiger charge is 1.91. The number of nitrogens with one attached hydrogen (secondary N) is 1. The van der Waals surface area contributed by atoms with Crippen LogP contribution in [0.4, 0.5) is 0 Å². The fourth-order valence-electron chi connectivity index (χ4n) is 1.33. The normalized spacial score (nSPS) is 11.1. The first kappa shape index (κ1) is 11.9. The highest BCUT2D eigenvalue weighted by atomic mass is 14.8. The molecule has 0 aromatic carbocycles. The van der Waals surface area contributed by atoms with Crippen LogP contribution in [0, 0.1) is 0 Å². The summed E-state index contributed by atoms with van der Waals surface area (Å²) in [5.74, 6) is 0. The third-order valence-electron chi connectivity index (χ3n) is 2.35. The molecule has 0 aliphatic heterocycles. The minimum Gasteiger partial charge on any atom is -0.319 e. The van der Waals surface area contributed by atoms with Crippen molar-refractivity contribution < 1.29 is 0 Å². The summed E-state index contributed by atoms with van der Waals surface area (Å²) in [5, 5.41) is 3.11. The summed E-state index contributed by atoms with van der Waals surface area (Å²) < 4.78 is 0. The molecule has 0 unspecified atom stereocenters. The molecule has 1 rings (SSSR count). The largest absolute Gasteiger partial charge is 0.319 e. The minimum atomic E-state index is 0.938. The fraction of sp³-hybridized carbons (Fsp3) is 0.462. The molecular weight excluding hydrogens is 184 g/mol. The van der Waals surface area contributed by atoms with Gasteiger partial charge in [0.25, 0.3) is 0 Å². The Hall–Kier alpha value is -1.15. The van der Waals surface area contributed by atoms with E-state index in [0.29, 0.717) is 0 Å². The van der Waals surface area contributed by atoms with Crippen molar-refractivity contribution in [3.8, 4) is 0 Å². The standard InChI is InChI=1S/C13H20N2/c1-3-12-8-9-13(15-11-12)7-5-4-6-10-14-2/h4-5,8-9,11,14H,3,6-7,10H2,1-2H3. The second-order valence-corrected chi connectivity index (χ2v) is 3.58. The summed E-state index contributed by atoms with van der Waals surface area (Å²) in [6.45, 7) is 3.19. The van der Waals surface area contributed by atoms with Gasteiger partial charge >= 0.3 is 0 Å². The molecule has 1 aromatic heterocycles. The predicted octanol–water partition coefficient (Wildman–Crippen LogP) is 2.35. The van der Waals surface area contributed by atoms with Crippen LogP contribution in [-0.4, -0.2) is 18.6 Å². The van der Waals surface area contributed by atoms with E-state index in [9.17, 15) is 0 Å². The first-order valence-electron chi connectivity index (χ1n) is 5.60. The average Bonchev–Trinajstić information content (AvgIpc) is 2.30. The van der Waals surface area contributed by atoms with Gasteiger partial charge in [0.05, 0.1) is 0 Å². The maximum Gasteiger partial charge on any atom is 0.0441 e. The first-order chi connectivity index (χ1) is 7.36. The molecule has 0 bridgehead atoms. The summed E-state index contributed by atoms with van der Waals surface area (Å²) in [4.78, 5) is 4.40. The lowest BCUT2D eigenvalue weighted by Gasteiger charge is -1.98. The van der Waals surface area contributed by atoms with E-state index in [4.69, 9.17) is 0 Å². The van der Waals surface area contributed by atoms with Gasteiger partial charge < -0.3 is 5.32 Å². The highest BCUT2D eigenvalue weighted by molar-refractivity contribution is 5.15. The molecule has 0 radical (unpaired) electrons. The van der Waals surface area contributed by atoms with Crippen LogP contribution in [0.3, 0.4) is 0 Å². The van der Waals surface area contributed by atoms with Crippen LogP contribution in [0.15, 0.2) is 30.5 Å². The van der Waals surface area contributed by atoms with Crippen molar-refractivity contribution in [1.29, 1.82) is 0 Å². The Labute approximate surface area is 92.4 Å². The SMILES string of the molecule is CCc1ccc(CC=CCCNC)nc1. The molecular formula is C13H20N2. The van der Waals surface area contributed by atoms with Gasteiger partial charge in [-0.3, -0.25) is 4.98 Å². The van der Waals surface area contributed by atoms with E-state index in [-0.39, 0.29) is 0 Å². The lowest BCUT2D eigenvalue weighted by atomic mass is 10.2. The molecule has 0 fully saturated rings. The number of pyridine rings is 1. The fourth-order valence-corrected chi connectivity index (χ4v) is 1.33. The van der Waals surface area contributed by atoms with Crippen LogP contribution in [0.1, 0.15) is 24.6 Å². The van der Waals surface area contributed by atoms with Crippen LogP contribution >= 0.6 is 0 Å². The Morgan fingerprint density at radius 3 is 2.80 bits per heavy atom. The number of hydrogen-bond donors (Lipinski definition) is 1. The molecule has 0 atom stereocenters. The van der Waals surface area contributed by atoms with Gasteiger partial charge in [-0.05, 0) is 38.1 Å². The van der Waals surface area contributed by atoms with Crippen molar-refractivity contribution >= 4 is 0 Å². The lowest BCUT2D eigenvalue weighted by Crippen LogP contribution is -2.05. The van der Waals surface area contributed by atoms with Crippen molar-refractivity contribution in [2.24, 2.45) is 0 Å². The van der Waals surface area contributed by atoms with Gasteiger partial charge in [-0.2, -0.15) is 0 Å². The molecule has 0 spiro atoms. The lowest BCUT2D eigenvalue weighted by molar-refractivity contribution is 0.806. The number of aromatic nitrogens is 1. The molecule has 0 saturated heterocycles.